The molecule has 0 saturated carbocycles. The minimum absolute atomic E-state index is 0.639. The molecule has 0 radical (unpaired) electrons. The third-order valence-corrected chi connectivity index (χ3v) is 8.57. The van der Waals surface area contributed by atoms with E-state index in [0.29, 0.717) is 17.5 Å². The second kappa shape index (κ2) is 10.8. The number of hydrogen-bond acceptors (Lipinski definition) is 5. The molecule has 1 aliphatic heterocycles. The van der Waals surface area contributed by atoms with Gasteiger partial charge in [0.2, 0.25) is 0 Å². The number of aromatic nitrogens is 5. The van der Waals surface area contributed by atoms with Gasteiger partial charge in [-0.3, -0.25) is 4.57 Å². The summed E-state index contributed by atoms with van der Waals surface area (Å²) in [7, 11) is 0. The van der Waals surface area contributed by atoms with Crippen molar-refractivity contribution < 1.29 is 0 Å². The van der Waals surface area contributed by atoms with E-state index in [4.69, 9.17) is 19.9 Å². The van der Waals surface area contributed by atoms with E-state index >= 15 is 0 Å². The van der Waals surface area contributed by atoms with Gasteiger partial charge in [-0.2, -0.15) is 0 Å². The van der Waals surface area contributed by atoms with Crippen molar-refractivity contribution in [1.82, 2.24) is 24.5 Å². The SMILES string of the molecule is c1ccc(-c2nc(-c3ccccc3)nc(-c3ccc4c(c3)-n3c(nc(-c5ccccc5)c3-c3ccccc3)SC4)n2)cc1. The van der Waals surface area contributed by atoms with Crippen LogP contribution in [0, 0.1) is 0 Å². The van der Waals surface area contributed by atoms with E-state index in [2.05, 4.69) is 77.4 Å². The number of hydrogen-bond donors (Lipinski definition) is 0. The number of thioether (sulfide) groups is 1. The van der Waals surface area contributed by atoms with Gasteiger partial charge < -0.3 is 0 Å². The average molecular weight is 572 g/mol. The first kappa shape index (κ1) is 25.4. The lowest BCUT2D eigenvalue weighted by molar-refractivity contribution is 0.877. The quantitative estimate of drug-likeness (QED) is 0.206. The van der Waals surface area contributed by atoms with Crippen LogP contribution in [0.2, 0.25) is 0 Å². The van der Waals surface area contributed by atoms with Crippen molar-refractivity contribution in [3.05, 3.63) is 145 Å². The summed E-state index contributed by atoms with van der Waals surface area (Å²) < 4.78 is 2.31. The fourth-order valence-corrected chi connectivity index (χ4v) is 6.50. The Morgan fingerprint density at radius 1 is 0.465 bits per heavy atom. The predicted molar refractivity (Wildman–Crippen MR) is 174 cm³/mol. The monoisotopic (exact) mass is 571 g/mol. The maximum atomic E-state index is 5.19. The molecule has 0 unspecified atom stereocenters. The molecule has 0 bridgehead atoms. The van der Waals surface area contributed by atoms with Crippen LogP contribution in [0.25, 0.3) is 62.4 Å². The fourth-order valence-electron chi connectivity index (χ4n) is 5.49. The summed E-state index contributed by atoms with van der Waals surface area (Å²) in [5.74, 6) is 2.78. The Kier molecular flexibility index (Phi) is 6.39. The largest absolute Gasteiger partial charge is 0.286 e. The van der Waals surface area contributed by atoms with Crippen molar-refractivity contribution in [2.24, 2.45) is 0 Å². The third kappa shape index (κ3) is 4.72. The van der Waals surface area contributed by atoms with Crippen molar-refractivity contribution in [2.45, 2.75) is 10.9 Å². The summed E-state index contributed by atoms with van der Waals surface area (Å²) in [5, 5.41) is 0.980. The molecule has 5 aromatic carbocycles. The molecule has 204 valence electrons. The molecule has 0 saturated heterocycles. The zero-order valence-corrected chi connectivity index (χ0v) is 23.9. The molecule has 8 rings (SSSR count). The van der Waals surface area contributed by atoms with Crippen molar-refractivity contribution in [1.29, 1.82) is 0 Å². The van der Waals surface area contributed by atoms with Gasteiger partial charge in [0.15, 0.2) is 22.6 Å². The summed E-state index contributed by atoms with van der Waals surface area (Å²) in [5.41, 5.74) is 9.46. The van der Waals surface area contributed by atoms with E-state index in [1.54, 1.807) is 11.8 Å². The molecule has 0 amide bonds. The Balaban J connectivity index is 1.33. The molecule has 5 nitrogen and oxygen atoms in total. The first-order chi connectivity index (χ1) is 21.3. The van der Waals surface area contributed by atoms with Crippen LogP contribution in [-0.4, -0.2) is 24.5 Å². The van der Waals surface area contributed by atoms with Gasteiger partial charge in [-0.05, 0) is 11.6 Å². The molecule has 0 atom stereocenters. The lowest BCUT2D eigenvalue weighted by atomic mass is 10.0. The Bertz CT molecular complexity index is 2000. The summed E-state index contributed by atoms with van der Waals surface area (Å²) in [6, 6.07) is 47.7. The lowest BCUT2D eigenvalue weighted by Gasteiger charge is -2.21. The van der Waals surface area contributed by atoms with E-state index in [1.807, 2.05) is 66.7 Å². The number of rotatable bonds is 5. The second-order valence-electron chi connectivity index (χ2n) is 10.3. The minimum atomic E-state index is 0.639. The van der Waals surface area contributed by atoms with Crippen LogP contribution in [0.5, 0.6) is 0 Å². The molecular formula is C37H25N5S. The zero-order valence-electron chi connectivity index (χ0n) is 23.1. The Morgan fingerprint density at radius 3 is 1.51 bits per heavy atom. The minimum Gasteiger partial charge on any atom is -0.286 e. The van der Waals surface area contributed by atoms with Crippen molar-refractivity contribution in [2.75, 3.05) is 0 Å². The Hall–Kier alpha value is -5.33. The van der Waals surface area contributed by atoms with Crippen LogP contribution in [0.4, 0.5) is 0 Å². The lowest BCUT2D eigenvalue weighted by Crippen LogP contribution is -2.08. The van der Waals surface area contributed by atoms with Gasteiger partial charge in [0, 0.05) is 33.6 Å². The van der Waals surface area contributed by atoms with Gasteiger partial charge in [0.25, 0.3) is 0 Å². The maximum Gasteiger partial charge on any atom is 0.174 e. The molecule has 7 aromatic rings. The van der Waals surface area contributed by atoms with Gasteiger partial charge >= 0.3 is 0 Å². The van der Waals surface area contributed by atoms with Crippen molar-refractivity contribution in [3.8, 4) is 62.4 Å². The standard InChI is InChI=1S/C37H25N5S/c1-5-13-25(14-6-1)32-33(26-15-7-2-8-16-26)42-31-23-29(21-22-30(31)24-43-37(42)38-32)36-40-34(27-17-9-3-10-18-27)39-35(41-36)28-19-11-4-12-20-28/h1-23H,24H2. The molecule has 3 heterocycles. The summed E-state index contributed by atoms with van der Waals surface area (Å²) in [4.78, 5) is 20.0. The van der Waals surface area contributed by atoms with E-state index in [-0.39, 0.29) is 0 Å². The number of nitrogens with zero attached hydrogens (tertiary/aromatic N) is 5. The second-order valence-corrected chi connectivity index (χ2v) is 11.3. The van der Waals surface area contributed by atoms with E-state index < -0.39 is 0 Å². The van der Waals surface area contributed by atoms with Gasteiger partial charge in [0.05, 0.1) is 17.1 Å². The number of fused-ring (bicyclic) bond motifs is 3. The van der Waals surface area contributed by atoms with Crippen LogP contribution < -0.4 is 0 Å². The van der Waals surface area contributed by atoms with Crippen molar-refractivity contribution >= 4 is 11.8 Å². The first-order valence-electron chi connectivity index (χ1n) is 14.2. The van der Waals surface area contributed by atoms with Crippen LogP contribution in [-0.2, 0) is 5.75 Å². The van der Waals surface area contributed by atoms with Gasteiger partial charge in [-0.15, -0.1) is 0 Å². The summed E-state index contributed by atoms with van der Waals surface area (Å²) in [6.45, 7) is 0. The molecule has 43 heavy (non-hydrogen) atoms. The van der Waals surface area contributed by atoms with Gasteiger partial charge in [0.1, 0.15) is 0 Å². The van der Waals surface area contributed by atoms with E-state index in [9.17, 15) is 0 Å². The topological polar surface area (TPSA) is 56.5 Å². The molecule has 1 aliphatic rings. The maximum absolute atomic E-state index is 5.19. The summed E-state index contributed by atoms with van der Waals surface area (Å²) >= 11 is 1.77. The molecule has 2 aromatic heterocycles. The van der Waals surface area contributed by atoms with Crippen molar-refractivity contribution in [3.63, 3.8) is 0 Å². The van der Waals surface area contributed by atoms with E-state index in [0.717, 1.165) is 55.8 Å². The molecule has 0 N–H and O–H groups in total. The van der Waals surface area contributed by atoms with Gasteiger partial charge in [-0.25, -0.2) is 19.9 Å². The summed E-state index contributed by atoms with van der Waals surface area (Å²) in [6.07, 6.45) is 0. The number of imidazole rings is 1. The highest BCUT2D eigenvalue weighted by Crippen LogP contribution is 2.43. The van der Waals surface area contributed by atoms with Crippen LogP contribution in [0.3, 0.4) is 0 Å². The molecule has 0 fully saturated rings. The molecule has 0 spiro atoms. The highest BCUT2D eigenvalue weighted by molar-refractivity contribution is 7.98. The molecule has 6 heteroatoms. The smallest absolute Gasteiger partial charge is 0.174 e. The van der Waals surface area contributed by atoms with Gasteiger partial charge in [-0.1, -0.05) is 145 Å². The first-order valence-corrected chi connectivity index (χ1v) is 15.2. The number of benzene rings is 5. The predicted octanol–water partition coefficient (Wildman–Crippen LogP) is 9.00. The zero-order chi connectivity index (χ0) is 28.6. The highest BCUT2D eigenvalue weighted by Gasteiger charge is 2.27. The van der Waals surface area contributed by atoms with Crippen LogP contribution in [0.15, 0.2) is 145 Å². The van der Waals surface area contributed by atoms with E-state index in [1.165, 1.54) is 5.56 Å². The van der Waals surface area contributed by atoms with Crippen LogP contribution in [0.1, 0.15) is 5.56 Å². The average Bonchev–Trinajstić information content (AvgIpc) is 3.50. The normalized spacial score (nSPS) is 12.0. The third-order valence-electron chi connectivity index (χ3n) is 7.58. The van der Waals surface area contributed by atoms with Crippen LogP contribution >= 0.6 is 11.8 Å². The molecule has 0 aliphatic carbocycles. The Labute approximate surface area is 254 Å². The Morgan fingerprint density at radius 2 is 0.953 bits per heavy atom. The molecular weight excluding hydrogens is 547 g/mol. The fraction of sp³-hybridized carbons (Fsp3) is 0.0270. The highest BCUT2D eigenvalue weighted by atomic mass is 32.2.